The molecule has 19 nitrogen and oxygen atoms in total. The van der Waals surface area contributed by atoms with Gasteiger partial charge in [-0.3, -0.25) is 37.7 Å². The monoisotopic (exact) mass is 655 g/mol. The minimum absolute atomic E-state index is 0.0197. The van der Waals surface area contributed by atoms with Crippen LogP contribution in [0.15, 0.2) is 26.9 Å². The number of H-pyrrole nitrogens is 2. The fourth-order valence-electron chi connectivity index (χ4n) is 5.21. The highest BCUT2D eigenvalue weighted by Crippen LogP contribution is 2.49. The second-order valence-corrected chi connectivity index (χ2v) is 13.0. The summed E-state index contributed by atoms with van der Waals surface area (Å²) in [4.78, 5) is 51.1. The number of nitrogen functional groups attached to an aromatic ring is 1. The number of nitrogens with two attached hydrogens (primary N) is 1. The molecule has 5 rings (SSSR count). The first kappa shape index (κ1) is 33.1. The van der Waals surface area contributed by atoms with E-state index < -0.39 is 68.0 Å². The van der Waals surface area contributed by atoms with Gasteiger partial charge in [-0.1, -0.05) is 0 Å². The number of aliphatic hydroxyl groups excluding tert-OH is 2. The minimum atomic E-state index is -4.12. The fraction of sp³-hybridized carbons (Fsp3) is 0.640. The van der Waals surface area contributed by atoms with Crippen LogP contribution >= 0.6 is 7.75 Å². The number of hydrogen-bond donors (Lipinski definition) is 6. The Morgan fingerprint density at radius 1 is 1.16 bits per heavy atom. The fourth-order valence-corrected chi connectivity index (χ4v) is 6.79. The molecule has 7 N–H and O–H groups in total. The first-order chi connectivity index (χ1) is 21.4. The van der Waals surface area contributed by atoms with E-state index in [9.17, 15) is 29.2 Å². The molecule has 3 aromatic heterocycles. The van der Waals surface area contributed by atoms with Crippen LogP contribution < -0.4 is 27.6 Å². The van der Waals surface area contributed by atoms with Gasteiger partial charge < -0.3 is 30.3 Å². The van der Waals surface area contributed by atoms with Crippen molar-refractivity contribution < 1.29 is 33.3 Å². The average Bonchev–Trinajstić information content (AvgIpc) is 3.68. The van der Waals surface area contributed by atoms with Crippen LogP contribution in [0.25, 0.3) is 11.2 Å². The number of aromatic nitrogens is 6. The molecule has 0 spiro atoms. The van der Waals surface area contributed by atoms with Crippen molar-refractivity contribution >= 4 is 24.9 Å². The molecule has 2 aliphatic rings. The lowest BCUT2D eigenvalue weighted by Crippen LogP contribution is -2.34. The molecule has 248 valence electrons. The van der Waals surface area contributed by atoms with E-state index in [0.29, 0.717) is 13.0 Å². The van der Waals surface area contributed by atoms with E-state index >= 15 is 0 Å². The van der Waals surface area contributed by atoms with E-state index in [4.69, 9.17) is 24.3 Å². The largest absolute Gasteiger partial charge is 0.405 e. The number of rotatable bonds is 13. The van der Waals surface area contributed by atoms with Gasteiger partial charge in [-0.05, 0) is 34.0 Å². The lowest BCUT2D eigenvalue weighted by atomic mass is 10.2. The summed E-state index contributed by atoms with van der Waals surface area (Å²) in [5.74, 6) is -0.113. The van der Waals surface area contributed by atoms with E-state index in [0.717, 1.165) is 0 Å². The van der Waals surface area contributed by atoms with Crippen LogP contribution in [0.3, 0.4) is 0 Å². The van der Waals surface area contributed by atoms with Crippen LogP contribution in [-0.2, 0) is 23.1 Å². The number of fused-ring (bicyclic) bond motifs is 1. The molecule has 2 aliphatic heterocycles. The second kappa shape index (κ2) is 13.6. The highest BCUT2D eigenvalue weighted by molar-refractivity contribution is 7.51. The van der Waals surface area contributed by atoms with Gasteiger partial charge in [0.1, 0.15) is 30.8 Å². The van der Waals surface area contributed by atoms with Gasteiger partial charge >= 0.3 is 13.4 Å². The van der Waals surface area contributed by atoms with Crippen LogP contribution in [0.4, 0.5) is 5.95 Å². The van der Waals surface area contributed by atoms with Crippen molar-refractivity contribution in [3.63, 3.8) is 0 Å². The highest BCUT2D eigenvalue weighted by atomic mass is 31.2. The van der Waals surface area contributed by atoms with Gasteiger partial charge in [-0.2, -0.15) is 4.98 Å². The van der Waals surface area contributed by atoms with E-state index in [1.807, 2.05) is 19.0 Å². The van der Waals surface area contributed by atoms with E-state index in [1.165, 1.54) is 28.6 Å². The minimum Gasteiger partial charge on any atom is -0.394 e. The zero-order valence-corrected chi connectivity index (χ0v) is 25.9. The number of anilines is 1. The number of ether oxygens (including phenoxy) is 2. The van der Waals surface area contributed by atoms with Crippen molar-refractivity contribution in [2.75, 3.05) is 46.1 Å². The van der Waals surface area contributed by atoms with Crippen molar-refractivity contribution in [2.45, 2.75) is 63.1 Å². The maximum Gasteiger partial charge on any atom is 0.405 e. The topological polar surface area (TPSA) is 254 Å². The van der Waals surface area contributed by atoms with Crippen molar-refractivity contribution in [2.24, 2.45) is 0 Å². The number of imidazole rings is 1. The Morgan fingerprint density at radius 3 is 2.62 bits per heavy atom. The summed E-state index contributed by atoms with van der Waals surface area (Å²) in [6, 6.07) is 0. The Kier molecular flexibility index (Phi) is 10.0. The van der Waals surface area contributed by atoms with Gasteiger partial charge in [-0.15, -0.1) is 0 Å². The highest BCUT2D eigenvalue weighted by Gasteiger charge is 2.44. The number of aliphatic hydroxyl groups is 2. The number of aromatic amines is 2. The Hall–Kier alpha value is -3.26. The van der Waals surface area contributed by atoms with Crippen LogP contribution in [0.5, 0.6) is 0 Å². The maximum absolute atomic E-state index is 14.1. The van der Waals surface area contributed by atoms with Crippen molar-refractivity contribution in [1.29, 1.82) is 0 Å². The molecule has 2 saturated heterocycles. The molecule has 0 saturated carbocycles. The number of hydrogen-bond acceptors (Lipinski definition) is 14. The summed E-state index contributed by atoms with van der Waals surface area (Å²) in [5, 5.41) is 23.6. The van der Waals surface area contributed by atoms with Crippen molar-refractivity contribution in [3.05, 3.63) is 49.3 Å². The van der Waals surface area contributed by atoms with Gasteiger partial charge in [0.05, 0.1) is 25.6 Å². The third-order valence-corrected chi connectivity index (χ3v) is 9.20. The molecule has 0 bridgehead atoms. The van der Waals surface area contributed by atoms with Crippen LogP contribution in [0.2, 0.25) is 0 Å². The first-order valence-corrected chi connectivity index (χ1v) is 15.9. The molecule has 5 heterocycles. The van der Waals surface area contributed by atoms with E-state index in [1.54, 1.807) is 0 Å². The summed E-state index contributed by atoms with van der Waals surface area (Å²) in [6.45, 7) is 1.62. The van der Waals surface area contributed by atoms with Crippen LogP contribution in [0.1, 0.15) is 37.3 Å². The molecule has 3 unspecified atom stereocenters. The van der Waals surface area contributed by atoms with Crippen LogP contribution in [-0.4, -0.2) is 109 Å². The van der Waals surface area contributed by atoms with Crippen molar-refractivity contribution in [3.8, 4) is 0 Å². The maximum atomic E-state index is 14.1. The molecule has 0 aromatic carbocycles. The smallest absolute Gasteiger partial charge is 0.394 e. The molecule has 3 aromatic rings. The van der Waals surface area contributed by atoms with Gasteiger partial charge in [0, 0.05) is 31.1 Å². The molecule has 20 heteroatoms. The third-order valence-electron chi connectivity index (χ3n) is 7.55. The second-order valence-electron chi connectivity index (χ2n) is 11.2. The zero-order chi connectivity index (χ0) is 32.5. The van der Waals surface area contributed by atoms with Gasteiger partial charge in [0.15, 0.2) is 11.2 Å². The van der Waals surface area contributed by atoms with Gasteiger partial charge in [0.25, 0.3) is 11.1 Å². The summed E-state index contributed by atoms with van der Waals surface area (Å²) in [5.41, 5.74) is 4.46. The number of aryl methyl sites for hydroxylation is 1. The Morgan fingerprint density at radius 2 is 1.89 bits per heavy atom. The SMILES string of the molecule is Cc1cn([C@H]2CC(O)[C@@H](COP(=O)(NCCCN(C)C)OC3C[C@H](n4cnc5c(=O)[nH]c(N)nc54)O[C@@H]3CO)O2)c(=O)[nH]c1=O. The lowest BCUT2D eigenvalue weighted by molar-refractivity contribution is -0.0522. The Balaban J connectivity index is 1.31. The standard InChI is InChI=1S/C25H38N9O10P/c1-13-9-33(25(39)31-22(13)37)18-7-14(36)17(43-18)11-41-45(40,28-5-4-6-32(2)3)44-15-8-19(42-16(15)10-35)34-12-27-20-21(34)29-24(26)30-23(20)38/h9,12,14-19,35-36H,4-8,10-11H2,1-3H3,(H,28,40)(H,31,37,39)(H3,26,29,30,38)/t14?,15?,16-,17-,18-,19-,45?/m1/s1. The van der Waals surface area contributed by atoms with Crippen LogP contribution in [0, 0.1) is 6.92 Å². The number of nitrogens with one attached hydrogen (secondary N) is 3. The lowest BCUT2D eigenvalue weighted by Gasteiger charge is -2.26. The Bertz CT molecular complexity index is 1720. The van der Waals surface area contributed by atoms with Crippen molar-refractivity contribution in [1.82, 2.24) is 39.1 Å². The van der Waals surface area contributed by atoms with E-state index in [2.05, 4.69) is 25.0 Å². The summed E-state index contributed by atoms with van der Waals surface area (Å²) >= 11 is 0. The molecular weight excluding hydrogens is 617 g/mol. The molecule has 0 aliphatic carbocycles. The van der Waals surface area contributed by atoms with E-state index in [-0.39, 0.29) is 48.7 Å². The summed E-state index contributed by atoms with van der Waals surface area (Å²) < 4.78 is 40.3. The normalized spacial score (nSPS) is 26.6. The zero-order valence-electron chi connectivity index (χ0n) is 25.0. The molecular formula is C25H38N9O10P. The first-order valence-electron chi connectivity index (χ1n) is 14.3. The molecule has 45 heavy (non-hydrogen) atoms. The summed E-state index contributed by atoms with van der Waals surface area (Å²) in [7, 11) is -0.327. The molecule has 7 atom stereocenters. The number of nitrogens with zero attached hydrogens (tertiary/aromatic N) is 5. The third kappa shape index (κ3) is 7.43. The summed E-state index contributed by atoms with van der Waals surface area (Å²) in [6.07, 6.45) is -2.23. The molecule has 0 amide bonds. The predicted molar refractivity (Wildman–Crippen MR) is 158 cm³/mol. The van der Waals surface area contributed by atoms with Gasteiger partial charge in [-0.25, -0.2) is 19.4 Å². The average molecular weight is 656 g/mol. The molecule has 0 radical (unpaired) electrons. The quantitative estimate of drug-likeness (QED) is 0.0909. The predicted octanol–water partition coefficient (Wildman–Crippen LogP) is -1.46. The van der Waals surface area contributed by atoms with Gasteiger partial charge in [0.2, 0.25) is 5.95 Å². The molecule has 2 fully saturated rings. The Labute approximate surface area is 255 Å².